The van der Waals surface area contributed by atoms with Gasteiger partial charge in [0, 0.05) is 16.4 Å². The van der Waals surface area contributed by atoms with E-state index in [9.17, 15) is 0 Å². The minimum atomic E-state index is 0.566. The lowest BCUT2D eigenvalue weighted by atomic mass is 10.1. The van der Waals surface area contributed by atoms with Gasteiger partial charge in [-0.3, -0.25) is 0 Å². The Bertz CT molecular complexity index is 626. The average molecular weight is 305 g/mol. The van der Waals surface area contributed by atoms with Gasteiger partial charge in [0.2, 0.25) is 0 Å². The summed E-state index contributed by atoms with van der Waals surface area (Å²) in [6.07, 6.45) is 0.960. The van der Waals surface area contributed by atoms with Crippen molar-refractivity contribution in [1.29, 1.82) is 0 Å². The van der Waals surface area contributed by atoms with Crippen molar-refractivity contribution < 1.29 is 0 Å². The number of hydrogen-bond donors (Lipinski definition) is 2. The summed E-state index contributed by atoms with van der Waals surface area (Å²) in [4.78, 5) is 0. The molecular weight excluding hydrogens is 288 g/mol. The topological polar surface area (TPSA) is 24.1 Å². The molecule has 0 saturated carbocycles. The normalized spacial score (nSPS) is 10.2. The minimum Gasteiger partial charge on any atom is -0.332 e. The molecule has 0 saturated heterocycles. The van der Waals surface area contributed by atoms with E-state index >= 15 is 0 Å². The summed E-state index contributed by atoms with van der Waals surface area (Å²) < 4.78 is 0. The standard InChI is InChI=1S/C16H17ClN2S/c1-3-12-7-4-5-9-15(12)19-16(20)18-14-10-6-8-13(17)11(14)2/h4-10H,3H2,1-2H3,(H2,18,19,20). The number of para-hydroxylation sites is 1. The summed E-state index contributed by atoms with van der Waals surface area (Å²) in [7, 11) is 0. The van der Waals surface area contributed by atoms with Crippen LogP contribution in [0.1, 0.15) is 18.1 Å². The highest BCUT2D eigenvalue weighted by molar-refractivity contribution is 7.80. The lowest BCUT2D eigenvalue weighted by Crippen LogP contribution is -2.20. The Kier molecular flexibility index (Phi) is 4.99. The Morgan fingerprint density at radius 1 is 1.05 bits per heavy atom. The van der Waals surface area contributed by atoms with Gasteiger partial charge in [-0.2, -0.15) is 0 Å². The minimum absolute atomic E-state index is 0.566. The second kappa shape index (κ2) is 6.73. The molecule has 2 N–H and O–H groups in total. The fraction of sp³-hybridized carbons (Fsp3) is 0.188. The van der Waals surface area contributed by atoms with Crippen LogP contribution in [0.25, 0.3) is 0 Å². The Morgan fingerprint density at radius 2 is 1.70 bits per heavy atom. The molecule has 0 aromatic heterocycles. The molecule has 0 fully saturated rings. The Labute approximate surface area is 130 Å². The lowest BCUT2D eigenvalue weighted by molar-refractivity contribution is 1.14. The van der Waals surface area contributed by atoms with Crippen molar-refractivity contribution in [2.45, 2.75) is 20.3 Å². The molecule has 0 aliphatic heterocycles. The molecule has 0 heterocycles. The van der Waals surface area contributed by atoms with Crippen molar-refractivity contribution in [3.05, 3.63) is 58.6 Å². The molecule has 0 aliphatic rings. The van der Waals surface area contributed by atoms with E-state index in [4.69, 9.17) is 23.8 Å². The predicted molar refractivity (Wildman–Crippen MR) is 91.9 cm³/mol. The highest BCUT2D eigenvalue weighted by atomic mass is 35.5. The van der Waals surface area contributed by atoms with E-state index in [2.05, 4.69) is 23.6 Å². The van der Waals surface area contributed by atoms with E-state index in [0.29, 0.717) is 5.11 Å². The fourth-order valence-electron chi connectivity index (χ4n) is 1.97. The van der Waals surface area contributed by atoms with Crippen LogP contribution in [-0.2, 0) is 6.42 Å². The molecular formula is C16H17ClN2S. The average Bonchev–Trinajstić information content (AvgIpc) is 2.44. The predicted octanol–water partition coefficient (Wildman–Crippen LogP) is 5.02. The maximum absolute atomic E-state index is 6.10. The maximum atomic E-state index is 6.10. The van der Waals surface area contributed by atoms with Crippen molar-refractivity contribution in [2.24, 2.45) is 0 Å². The molecule has 0 aliphatic carbocycles. The molecule has 20 heavy (non-hydrogen) atoms. The molecule has 0 radical (unpaired) electrons. The SMILES string of the molecule is CCc1ccccc1NC(=S)Nc1cccc(Cl)c1C. The fourth-order valence-corrected chi connectivity index (χ4v) is 2.36. The Morgan fingerprint density at radius 3 is 2.45 bits per heavy atom. The molecule has 0 atom stereocenters. The molecule has 104 valence electrons. The second-order valence-electron chi connectivity index (χ2n) is 4.50. The van der Waals surface area contributed by atoms with Gasteiger partial charge in [-0.05, 0) is 54.9 Å². The van der Waals surface area contributed by atoms with Crippen LogP contribution in [0.4, 0.5) is 11.4 Å². The highest BCUT2D eigenvalue weighted by Crippen LogP contribution is 2.23. The van der Waals surface area contributed by atoms with Gasteiger partial charge in [-0.25, -0.2) is 0 Å². The first-order chi connectivity index (χ1) is 9.61. The van der Waals surface area contributed by atoms with Crippen molar-refractivity contribution in [2.75, 3.05) is 10.6 Å². The van der Waals surface area contributed by atoms with Gasteiger partial charge in [-0.1, -0.05) is 42.8 Å². The van der Waals surface area contributed by atoms with E-state index in [1.165, 1.54) is 5.56 Å². The number of anilines is 2. The van der Waals surface area contributed by atoms with Crippen LogP contribution < -0.4 is 10.6 Å². The van der Waals surface area contributed by atoms with E-state index in [-0.39, 0.29) is 0 Å². The van der Waals surface area contributed by atoms with Gasteiger partial charge in [0.15, 0.2) is 5.11 Å². The number of benzene rings is 2. The number of rotatable bonds is 3. The van der Waals surface area contributed by atoms with E-state index in [1.54, 1.807) is 0 Å². The molecule has 4 heteroatoms. The van der Waals surface area contributed by atoms with E-state index < -0.39 is 0 Å². The first-order valence-electron chi connectivity index (χ1n) is 6.53. The summed E-state index contributed by atoms with van der Waals surface area (Å²) in [6.45, 7) is 4.09. The number of hydrogen-bond acceptors (Lipinski definition) is 1. The zero-order chi connectivity index (χ0) is 14.5. The smallest absolute Gasteiger partial charge is 0.175 e. The summed E-state index contributed by atoms with van der Waals surface area (Å²) in [5, 5.41) is 7.72. The molecule has 0 spiro atoms. The van der Waals surface area contributed by atoms with Crippen LogP contribution in [0.5, 0.6) is 0 Å². The summed E-state index contributed by atoms with van der Waals surface area (Å²) in [5.41, 5.74) is 4.18. The van der Waals surface area contributed by atoms with Crippen molar-refractivity contribution in [3.63, 3.8) is 0 Å². The third-order valence-corrected chi connectivity index (χ3v) is 3.78. The van der Waals surface area contributed by atoms with Crippen LogP contribution in [-0.4, -0.2) is 5.11 Å². The number of thiocarbonyl (C=S) groups is 1. The monoisotopic (exact) mass is 304 g/mol. The van der Waals surface area contributed by atoms with Gasteiger partial charge >= 0.3 is 0 Å². The van der Waals surface area contributed by atoms with Gasteiger partial charge in [-0.15, -0.1) is 0 Å². The van der Waals surface area contributed by atoms with Crippen molar-refractivity contribution in [3.8, 4) is 0 Å². The van der Waals surface area contributed by atoms with Crippen molar-refractivity contribution >= 4 is 40.3 Å². The maximum Gasteiger partial charge on any atom is 0.175 e. The van der Waals surface area contributed by atoms with Crippen LogP contribution in [0, 0.1) is 6.92 Å². The van der Waals surface area contributed by atoms with E-state index in [0.717, 1.165) is 28.4 Å². The summed E-state index contributed by atoms with van der Waals surface area (Å²) in [6, 6.07) is 13.9. The molecule has 0 bridgehead atoms. The van der Waals surface area contributed by atoms with Gasteiger partial charge < -0.3 is 10.6 Å². The van der Waals surface area contributed by atoms with Gasteiger partial charge in [0.1, 0.15) is 0 Å². The van der Waals surface area contributed by atoms with Crippen molar-refractivity contribution in [1.82, 2.24) is 0 Å². The third kappa shape index (κ3) is 3.50. The van der Waals surface area contributed by atoms with Gasteiger partial charge in [0.05, 0.1) is 0 Å². The molecule has 2 nitrogen and oxygen atoms in total. The summed E-state index contributed by atoms with van der Waals surface area (Å²) in [5.74, 6) is 0. The van der Waals surface area contributed by atoms with Crippen LogP contribution >= 0.6 is 23.8 Å². The lowest BCUT2D eigenvalue weighted by Gasteiger charge is -2.15. The van der Waals surface area contributed by atoms with Gasteiger partial charge in [0.25, 0.3) is 0 Å². The van der Waals surface area contributed by atoms with Crippen LogP contribution in [0.2, 0.25) is 5.02 Å². The largest absolute Gasteiger partial charge is 0.332 e. The first-order valence-corrected chi connectivity index (χ1v) is 7.31. The molecule has 2 aromatic carbocycles. The quantitative estimate of drug-likeness (QED) is 0.779. The summed E-state index contributed by atoms with van der Waals surface area (Å²) >= 11 is 11.5. The van der Waals surface area contributed by atoms with Crippen LogP contribution in [0.15, 0.2) is 42.5 Å². The first kappa shape index (κ1) is 14.8. The Hall–Kier alpha value is -1.58. The number of halogens is 1. The Balaban J connectivity index is 2.11. The molecule has 2 aromatic rings. The molecule has 0 amide bonds. The molecule has 2 rings (SSSR count). The second-order valence-corrected chi connectivity index (χ2v) is 5.32. The number of aryl methyl sites for hydroxylation is 1. The zero-order valence-electron chi connectivity index (χ0n) is 11.5. The van der Waals surface area contributed by atoms with Crippen LogP contribution in [0.3, 0.4) is 0 Å². The zero-order valence-corrected chi connectivity index (χ0v) is 13.1. The molecule has 0 unspecified atom stereocenters. The number of nitrogens with one attached hydrogen (secondary N) is 2. The third-order valence-electron chi connectivity index (χ3n) is 3.16. The highest BCUT2D eigenvalue weighted by Gasteiger charge is 2.06. The van der Waals surface area contributed by atoms with E-state index in [1.807, 2.05) is 43.3 Å².